The van der Waals surface area contributed by atoms with Gasteiger partial charge in [0, 0.05) is 10.0 Å². The molecule has 3 rings (SSSR count). The molecule has 0 bridgehead atoms. The number of hydrogen-bond donors (Lipinski definition) is 0. The second kappa shape index (κ2) is 5.85. The van der Waals surface area contributed by atoms with Crippen LogP contribution in [0.4, 0.5) is 0 Å². The first-order chi connectivity index (χ1) is 10.6. The fraction of sp³-hybridized carbons (Fsp3) is 0.118. The summed E-state index contributed by atoms with van der Waals surface area (Å²) < 4.78 is 17.1. The highest BCUT2D eigenvalue weighted by molar-refractivity contribution is 9.10. The predicted molar refractivity (Wildman–Crippen MR) is 86.6 cm³/mol. The van der Waals surface area contributed by atoms with Crippen molar-refractivity contribution < 1.29 is 19.0 Å². The minimum atomic E-state index is -0.200. The number of fused-ring (bicyclic) bond motifs is 1. The van der Waals surface area contributed by atoms with Crippen LogP contribution in [-0.4, -0.2) is 20.0 Å². The van der Waals surface area contributed by atoms with Gasteiger partial charge in [0.25, 0.3) is 0 Å². The standard InChI is InChI=1S/C17H13BrO4/c1-20-12-7-6-11(18)8-10(12)9-15-17(19)16-13(21-2)4-3-5-14(16)22-15/h3-9H,1-2H3/b15-9-. The Morgan fingerprint density at radius 1 is 1.09 bits per heavy atom. The Morgan fingerprint density at radius 3 is 2.59 bits per heavy atom. The maximum Gasteiger partial charge on any atom is 0.235 e. The van der Waals surface area contributed by atoms with Crippen LogP contribution in [0, 0.1) is 0 Å². The van der Waals surface area contributed by atoms with Gasteiger partial charge in [-0.25, -0.2) is 0 Å². The highest BCUT2D eigenvalue weighted by atomic mass is 79.9. The van der Waals surface area contributed by atoms with Crippen molar-refractivity contribution >= 4 is 27.8 Å². The zero-order valence-electron chi connectivity index (χ0n) is 12.1. The fourth-order valence-corrected chi connectivity index (χ4v) is 2.71. The van der Waals surface area contributed by atoms with Gasteiger partial charge in [0.05, 0.1) is 14.2 Å². The van der Waals surface area contributed by atoms with Crippen molar-refractivity contribution in [2.24, 2.45) is 0 Å². The monoisotopic (exact) mass is 360 g/mol. The van der Waals surface area contributed by atoms with E-state index < -0.39 is 0 Å². The van der Waals surface area contributed by atoms with Crippen LogP contribution in [-0.2, 0) is 0 Å². The molecule has 0 saturated carbocycles. The van der Waals surface area contributed by atoms with Crippen molar-refractivity contribution in [1.82, 2.24) is 0 Å². The summed E-state index contributed by atoms with van der Waals surface area (Å²) in [5.74, 6) is 1.72. The number of carbonyl (C=O) groups excluding carboxylic acids is 1. The second-order valence-corrected chi connectivity index (χ2v) is 5.58. The number of rotatable bonds is 3. The van der Waals surface area contributed by atoms with Crippen molar-refractivity contribution in [1.29, 1.82) is 0 Å². The van der Waals surface area contributed by atoms with Gasteiger partial charge < -0.3 is 14.2 Å². The molecule has 0 spiro atoms. The summed E-state index contributed by atoms with van der Waals surface area (Å²) in [5.41, 5.74) is 1.21. The maximum absolute atomic E-state index is 12.5. The first-order valence-electron chi connectivity index (χ1n) is 6.59. The van der Waals surface area contributed by atoms with Crippen LogP contribution in [0.15, 0.2) is 46.6 Å². The number of methoxy groups -OCH3 is 2. The minimum absolute atomic E-state index is 0.200. The lowest BCUT2D eigenvalue weighted by atomic mass is 10.1. The van der Waals surface area contributed by atoms with Gasteiger partial charge in [-0.1, -0.05) is 22.0 Å². The molecule has 4 nitrogen and oxygen atoms in total. The average Bonchev–Trinajstić information content (AvgIpc) is 2.84. The lowest BCUT2D eigenvalue weighted by molar-refractivity contribution is 0.101. The molecule has 0 aliphatic carbocycles. The molecule has 0 atom stereocenters. The number of ether oxygens (including phenoxy) is 3. The number of carbonyl (C=O) groups is 1. The lowest BCUT2D eigenvalue weighted by Crippen LogP contribution is -2.00. The number of allylic oxidation sites excluding steroid dienone is 1. The third-order valence-electron chi connectivity index (χ3n) is 3.36. The Morgan fingerprint density at radius 2 is 1.86 bits per heavy atom. The van der Waals surface area contributed by atoms with Crippen LogP contribution in [0.25, 0.3) is 6.08 Å². The smallest absolute Gasteiger partial charge is 0.235 e. The molecule has 5 heteroatoms. The number of ketones is 1. The Bertz CT molecular complexity index is 780. The number of Topliss-reactive ketones (excluding diaryl/α,β-unsaturated/α-hetero) is 1. The molecular formula is C17H13BrO4. The van der Waals surface area contributed by atoms with Crippen molar-refractivity contribution in [2.75, 3.05) is 14.2 Å². The molecule has 0 radical (unpaired) electrons. The summed E-state index contributed by atoms with van der Waals surface area (Å²) >= 11 is 3.41. The minimum Gasteiger partial charge on any atom is -0.496 e. The number of hydrogen-bond acceptors (Lipinski definition) is 4. The van der Waals surface area contributed by atoms with Gasteiger partial charge in [-0.15, -0.1) is 0 Å². The molecule has 2 aromatic rings. The molecule has 112 valence electrons. The first-order valence-corrected chi connectivity index (χ1v) is 7.38. The van der Waals surface area contributed by atoms with E-state index in [-0.39, 0.29) is 11.5 Å². The van der Waals surface area contributed by atoms with E-state index >= 15 is 0 Å². The van der Waals surface area contributed by atoms with E-state index in [1.807, 2.05) is 18.2 Å². The molecule has 0 amide bonds. The highest BCUT2D eigenvalue weighted by Crippen LogP contribution is 2.38. The molecule has 2 aromatic carbocycles. The van der Waals surface area contributed by atoms with Gasteiger partial charge in [-0.3, -0.25) is 4.79 Å². The van der Waals surface area contributed by atoms with Gasteiger partial charge in [-0.05, 0) is 36.4 Å². The van der Waals surface area contributed by atoms with Crippen LogP contribution < -0.4 is 14.2 Å². The molecule has 22 heavy (non-hydrogen) atoms. The molecule has 0 N–H and O–H groups in total. The number of benzene rings is 2. The SMILES string of the molecule is COc1ccc(Br)cc1/C=C1\Oc2cccc(OC)c2C1=O. The van der Waals surface area contributed by atoms with Gasteiger partial charge in [-0.2, -0.15) is 0 Å². The van der Waals surface area contributed by atoms with Gasteiger partial charge in [0.1, 0.15) is 22.8 Å². The molecular weight excluding hydrogens is 348 g/mol. The van der Waals surface area contributed by atoms with Crippen molar-refractivity contribution in [3.8, 4) is 17.2 Å². The largest absolute Gasteiger partial charge is 0.496 e. The number of halogens is 1. The quantitative estimate of drug-likeness (QED) is 0.773. The molecule has 1 heterocycles. The molecule has 0 fully saturated rings. The van der Waals surface area contributed by atoms with Crippen LogP contribution in [0.2, 0.25) is 0 Å². The zero-order chi connectivity index (χ0) is 15.7. The zero-order valence-corrected chi connectivity index (χ0v) is 13.6. The van der Waals surface area contributed by atoms with Crippen molar-refractivity contribution in [3.05, 3.63) is 57.8 Å². The average molecular weight is 361 g/mol. The summed E-state index contributed by atoms with van der Waals surface area (Å²) in [6, 6.07) is 10.8. The van der Waals surface area contributed by atoms with E-state index in [4.69, 9.17) is 14.2 Å². The second-order valence-electron chi connectivity index (χ2n) is 4.66. The normalized spacial score (nSPS) is 14.7. The summed E-state index contributed by atoms with van der Waals surface area (Å²) in [5, 5.41) is 0. The maximum atomic E-state index is 12.5. The van der Waals surface area contributed by atoms with Crippen LogP contribution in [0.3, 0.4) is 0 Å². The van der Waals surface area contributed by atoms with Gasteiger partial charge in [0.15, 0.2) is 5.76 Å². The van der Waals surface area contributed by atoms with E-state index in [0.29, 0.717) is 22.8 Å². The molecule has 1 aliphatic heterocycles. The topological polar surface area (TPSA) is 44.8 Å². The third-order valence-corrected chi connectivity index (χ3v) is 3.85. The summed E-state index contributed by atoms with van der Waals surface area (Å²) in [6.07, 6.45) is 1.67. The van der Waals surface area contributed by atoms with Gasteiger partial charge >= 0.3 is 0 Å². The summed E-state index contributed by atoms with van der Waals surface area (Å²) in [4.78, 5) is 12.5. The highest BCUT2D eigenvalue weighted by Gasteiger charge is 2.30. The van der Waals surface area contributed by atoms with Crippen LogP contribution in [0.1, 0.15) is 15.9 Å². The predicted octanol–water partition coefficient (Wildman–Crippen LogP) is 4.08. The molecule has 0 aromatic heterocycles. The Balaban J connectivity index is 2.05. The van der Waals surface area contributed by atoms with Crippen molar-refractivity contribution in [2.45, 2.75) is 0 Å². The summed E-state index contributed by atoms with van der Waals surface area (Å²) in [6.45, 7) is 0. The van der Waals surface area contributed by atoms with E-state index in [9.17, 15) is 4.79 Å². The van der Waals surface area contributed by atoms with Crippen LogP contribution in [0.5, 0.6) is 17.2 Å². The summed E-state index contributed by atoms with van der Waals surface area (Å²) in [7, 11) is 3.11. The first kappa shape index (κ1) is 14.7. The Hall–Kier alpha value is -2.27. The fourth-order valence-electron chi connectivity index (χ4n) is 2.33. The van der Waals surface area contributed by atoms with Crippen LogP contribution >= 0.6 is 15.9 Å². The molecule has 0 saturated heterocycles. The van der Waals surface area contributed by atoms with Crippen molar-refractivity contribution in [3.63, 3.8) is 0 Å². The van der Waals surface area contributed by atoms with E-state index in [0.717, 1.165) is 10.0 Å². The van der Waals surface area contributed by atoms with E-state index in [1.165, 1.54) is 7.11 Å². The van der Waals surface area contributed by atoms with E-state index in [1.54, 1.807) is 31.4 Å². The Labute approximate surface area is 136 Å². The lowest BCUT2D eigenvalue weighted by Gasteiger charge is -2.06. The third kappa shape index (κ3) is 2.48. The molecule has 0 unspecified atom stereocenters. The molecule has 1 aliphatic rings. The van der Waals surface area contributed by atoms with Gasteiger partial charge in [0.2, 0.25) is 5.78 Å². The van der Waals surface area contributed by atoms with E-state index in [2.05, 4.69) is 15.9 Å². The Kier molecular flexibility index (Phi) is 3.90.